The summed E-state index contributed by atoms with van der Waals surface area (Å²) < 4.78 is 25.7. The average Bonchev–Trinajstić information content (AvgIpc) is 2.63. The molecule has 8 atom stereocenters. The fraction of sp³-hybridized carbons (Fsp3) is 0.812. The number of methoxy groups -OCH3 is 2. The van der Waals surface area contributed by atoms with Crippen LogP contribution in [0.1, 0.15) is 7.43 Å². The van der Waals surface area contributed by atoms with Gasteiger partial charge in [-0.15, -0.1) is 13.2 Å². The van der Waals surface area contributed by atoms with Crippen LogP contribution in [0.25, 0.3) is 0 Å². The zero-order valence-electron chi connectivity index (χ0n) is 14.6. The first-order valence-electron chi connectivity index (χ1n) is 7.57. The molecule has 0 bridgehead atoms. The third kappa shape index (κ3) is 7.72. The standard InChI is InChI=1S/C12H22O9.C2H4.CO2.CH4/c1-17-9-5(13)3-20-12(7(9)15)21-10-6(14)4-19-11(18-2)8(10)16;1-2;2-1-3;/h5-16H,3-4H2,1-2H3;1-2H2;;1H4/t5-,6-,7?,8?,9+,10+,11-,12-;;;/m1.../s1. The predicted octanol–water partition coefficient (Wildman–Crippen LogP) is -1.96. The van der Waals surface area contributed by atoms with Gasteiger partial charge in [-0.25, -0.2) is 0 Å². The van der Waals surface area contributed by atoms with Crippen molar-refractivity contribution in [2.75, 3.05) is 27.4 Å². The summed E-state index contributed by atoms with van der Waals surface area (Å²) in [5, 5.41) is 39.6. The summed E-state index contributed by atoms with van der Waals surface area (Å²) in [7, 11) is 2.70. The third-order valence-electron chi connectivity index (χ3n) is 3.65. The van der Waals surface area contributed by atoms with E-state index in [-0.39, 0.29) is 26.8 Å². The van der Waals surface area contributed by atoms with Crippen LogP contribution in [-0.4, -0.2) is 103 Å². The van der Waals surface area contributed by atoms with Gasteiger partial charge >= 0.3 is 6.15 Å². The molecule has 160 valence electrons. The van der Waals surface area contributed by atoms with Crippen molar-refractivity contribution in [2.45, 2.75) is 56.6 Å². The van der Waals surface area contributed by atoms with Gasteiger partial charge in [-0.2, -0.15) is 9.59 Å². The Labute approximate surface area is 158 Å². The molecule has 11 nitrogen and oxygen atoms in total. The highest BCUT2D eigenvalue weighted by Crippen LogP contribution is 2.25. The van der Waals surface area contributed by atoms with Gasteiger partial charge in [-0.3, -0.25) is 0 Å². The van der Waals surface area contributed by atoms with Crippen LogP contribution in [0.3, 0.4) is 0 Å². The Bertz CT molecular complexity index is 415. The Morgan fingerprint density at radius 3 is 1.70 bits per heavy atom. The molecule has 0 aromatic carbocycles. The SMILES string of the molecule is C.C=C.CO[C@@H]1OC[C@@H](O)[C@H](O[C@H]2OC[C@@H](O)[C@H](OC)C2O)C1O.O=C=O. The number of hydrogen-bond acceptors (Lipinski definition) is 11. The van der Waals surface area contributed by atoms with E-state index in [0.29, 0.717) is 0 Å². The monoisotopic (exact) mass is 398 g/mol. The quantitative estimate of drug-likeness (QED) is 0.389. The minimum atomic E-state index is -1.26. The van der Waals surface area contributed by atoms with E-state index in [1.807, 2.05) is 0 Å². The number of carbonyl (C=O) groups excluding carboxylic acids is 2. The van der Waals surface area contributed by atoms with Crippen LogP contribution in [0.15, 0.2) is 13.2 Å². The Morgan fingerprint density at radius 2 is 1.26 bits per heavy atom. The lowest BCUT2D eigenvalue weighted by Gasteiger charge is -2.42. The maximum atomic E-state index is 10.1. The average molecular weight is 398 g/mol. The summed E-state index contributed by atoms with van der Waals surface area (Å²) in [6.07, 6.45) is -8.38. The van der Waals surface area contributed by atoms with Crippen LogP contribution in [0, 0.1) is 0 Å². The van der Waals surface area contributed by atoms with Crippen molar-refractivity contribution in [1.82, 2.24) is 0 Å². The van der Waals surface area contributed by atoms with Gasteiger partial charge in [0.15, 0.2) is 12.6 Å². The molecule has 0 aromatic rings. The molecule has 11 heteroatoms. The van der Waals surface area contributed by atoms with Gasteiger partial charge in [0, 0.05) is 14.2 Å². The molecule has 2 aliphatic heterocycles. The normalized spacial score (nSPS) is 38.0. The molecule has 0 aromatic heterocycles. The Morgan fingerprint density at radius 1 is 0.852 bits per heavy atom. The smallest absolute Gasteiger partial charge is 0.373 e. The fourth-order valence-corrected chi connectivity index (χ4v) is 2.49. The molecule has 0 radical (unpaired) electrons. The second-order valence-electron chi connectivity index (χ2n) is 5.14. The van der Waals surface area contributed by atoms with Gasteiger partial charge in [0.25, 0.3) is 0 Å². The molecule has 27 heavy (non-hydrogen) atoms. The van der Waals surface area contributed by atoms with Gasteiger partial charge in [0.05, 0.1) is 13.2 Å². The molecule has 0 saturated carbocycles. The van der Waals surface area contributed by atoms with Crippen LogP contribution < -0.4 is 0 Å². The number of hydrogen-bond donors (Lipinski definition) is 4. The summed E-state index contributed by atoms with van der Waals surface area (Å²) in [6.45, 7) is 5.82. The van der Waals surface area contributed by atoms with E-state index in [1.54, 1.807) is 0 Å². The topological polar surface area (TPSA) is 161 Å². The van der Waals surface area contributed by atoms with Crippen LogP contribution in [-0.2, 0) is 33.3 Å². The molecule has 2 rings (SSSR count). The Kier molecular flexibility index (Phi) is 15.3. The first-order valence-corrected chi connectivity index (χ1v) is 7.57. The van der Waals surface area contributed by atoms with Crippen LogP contribution >= 0.6 is 0 Å². The lowest BCUT2D eigenvalue weighted by Crippen LogP contribution is -2.60. The molecule has 0 aliphatic carbocycles. The molecule has 4 N–H and O–H groups in total. The van der Waals surface area contributed by atoms with E-state index in [4.69, 9.17) is 33.3 Å². The molecular weight excluding hydrogens is 368 g/mol. The lowest BCUT2D eigenvalue weighted by atomic mass is 10.0. The van der Waals surface area contributed by atoms with Crippen molar-refractivity contribution in [2.24, 2.45) is 0 Å². The Balaban J connectivity index is 0. The summed E-state index contributed by atoms with van der Waals surface area (Å²) >= 11 is 0. The molecular formula is C16H30O11. The molecule has 2 aliphatic rings. The molecule has 0 spiro atoms. The van der Waals surface area contributed by atoms with E-state index in [2.05, 4.69) is 13.2 Å². The van der Waals surface area contributed by atoms with Gasteiger partial charge < -0.3 is 44.1 Å². The zero-order chi connectivity index (χ0) is 20.3. The van der Waals surface area contributed by atoms with E-state index in [9.17, 15) is 20.4 Å². The van der Waals surface area contributed by atoms with Crippen molar-refractivity contribution >= 4 is 6.15 Å². The third-order valence-corrected chi connectivity index (χ3v) is 3.65. The Hall–Kier alpha value is -1.24. The first-order chi connectivity index (χ1) is 12.4. The van der Waals surface area contributed by atoms with Crippen molar-refractivity contribution < 1.29 is 53.7 Å². The highest BCUT2D eigenvalue weighted by molar-refractivity contribution is 5.20. The van der Waals surface area contributed by atoms with E-state index < -0.39 is 49.2 Å². The summed E-state index contributed by atoms with van der Waals surface area (Å²) in [5.74, 6) is 0. The second kappa shape index (κ2) is 14.8. The first kappa shape index (κ1) is 28.0. The largest absolute Gasteiger partial charge is 0.388 e. The van der Waals surface area contributed by atoms with Crippen molar-refractivity contribution in [3.05, 3.63) is 13.2 Å². The predicted molar refractivity (Wildman–Crippen MR) is 89.2 cm³/mol. The van der Waals surface area contributed by atoms with Crippen LogP contribution in [0.4, 0.5) is 0 Å². The van der Waals surface area contributed by atoms with Crippen molar-refractivity contribution in [1.29, 1.82) is 0 Å². The minimum Gasteiger partial charge on any atom is -0.388 e. The maximum absolute atomic E-state index is 10.1. The van der Waals surface area contributed by atoms with Crippen LogP contribution in [0.2, 0.25) is 0 Å². The van der Waals surface area contributed by atoms with Gasteiger partial charge in [-0.1, -0.05) is 7.43 Å². The number of rotatable bonds is 4. The van der Waals surface area contributed by atoms with E-state index in [0.717, 1.165) is 0 Å². The number of ether oxygens (including phenoxy) is 5. The fourth-order valence-electron chi connectivity index (χ4n) is 2.49. The van der Waals surface area contributed by atoms with Crippen LogP contribution in [0.5, 0.6) is 0 Å². The molecule has 2 unspecified atom stereocenters. The molecule has 2 saturated heterocycles. The van der Waals surface area contributed by atoms with E-state index in [1.165, 1.54) is 14.2 Å². The van der Waals surface area contributed by atoms with Crippen molar-refractivity contribution in [3.63, 3.8) is 0 Å². The second-order valence-corrected chi connectivity index (χ2v) is 5.14. The van der Waals surface area contributed by atoms with Crippen molar-refractivity contribution in [3.8, 4) is 0 Å². The minimum absolute atomic E-state index is 0. The number of aliphatic hydroxyl groups is 4. The van der Waals surface area contributed by atoms with Gasteiger partial charge in [0.1, 0.15) is 36.6 Å². The van der Waals surface area contributed by atoms with Gasteiger partial charge in [-0.05, 0) is 0 Å². The molecule has 2 heterocycles. The highest BCUT2D eigenvalue weighted by atomic mass is 16.7. The summed E-state index contributed by atoms with van der Waals surface area (Å²) in [6, 6.07) is 0. The summed E-state index contributed by atoms with van der Waals surface area (Å²) in [5.41, 5.74) is 0. The lowest BCUT2D eigenvalue weighted by molar-refractivity contribution is -0.333. The maximum Gasteiger partial charge on any atom is 0.373 e. The summed E-state index contributed by atoms with van der Waals surface area (Å²) in [4.78, 5) is 16.2. The number of aliphatic hydroxyl groups excluding tert-OH is 4. The molecule has 2 fully saturated rings. The molecule has 0 amide bonds. The van der Waals surface area contributed by atoms with E-state index >= 15 is 0 Å². The van der Waals surface area contributed by atoms with Gasteiger partial charge in [0.2, 0.25) is 0 Å². The highest BCUT2D eigenvalue weighted by Gasteiger charge is 2.46. The zero-order valence-corrected chi connectivity index (χ0v) is 14.6.